The van der Waals surface area contributed by atoms with Crippen LogP contribution < -0.4 is 10.6 Å². The van der Waals surface area contributed by atoms with Crippen LogP contribution in [0.5, 0.6) is 0 Å². The molecule has 2 aliphatic rings. The summed E-state index contributed by atoms with van der Waals surface area (Å²) in [7, 11) is 0. The van der Waals surface area contributed by atoms with Gasteiger partial charge in [-0.25, -0.2) is 9.59 Å². The zero-order valence-electron chi connectivity index (χ0n) is 18.6. The van der Waals surface area contributed by atoms with E-state index in [1.807, 2.05) is 0 Å². The number of hydrogen-bond acceptors (Lipinski definition) is 5. The SMILES string of the molecule is CC(C)OC(=O)c1c(NC(=O)NCc2c(C(F)(F)F)sc3c2CCCC3)sc2c1CCCC2. The van der Waals surface area contributed by atoms with Gasteiger partial charge in [0.05, 0.1) is 11.7 Å². The van der Waals surface area contributed by atoms with Gasteiger partial charge in [-0.05, 0) is 81.9 Å². The van der Waals surface area contributed by atoms with Gasteiger partial charge in [0, 0.05) is 16.3 Å². The molecule has 33 heavy (non-hydrogen) atoms. The molecule has 0 spiro atoms. The molecular formula is C23H27F3N2O3S2. The second-order valence-electron chi connectivity index (χ2n) is 8.69. The number of aryl methyl sites for hydroxylation is 2. The van der Waals surface area contributed by atoms with Crippen molar-refractivity contribution in [2.24, 2.45) is 0 Å². The Hall–Kier alpha value is -2.07. The van der Waals surface area contributed by atoms with Crippen molar-refractivity contribution < 1.29 is 27.5 Å². The van der Waals surface area contributed by atoms with E-state index >= 15 is 0 Å². The zero-order valence-corrected chi connectivity index (χ0v) is 20.2. The summed E-state index contributed by atoms with van der Waals surface area (Å²) in [6.45, 7) is 3.32. The van der Waals surface area contributed by atoms with E-state index in [4.69, 9.17) is 4.74 Å². The van der Waals surface area contributed by atoms with E-state index in [9.17, 15) is 22.8 Å². The summed E-state index contributed by atoms with van der Waals surface area (Å²) < 4.78 is 46.2. The molecule has 2 aromatic rings. The van der Waals surface area contributed by atoms with Gasteiger partial charge >= 0.3 is 18.2 Å². The summed E-state index contributed by atoms with van der Waals surface area (Å²) in [5.41, 5.74) is 2.19. The predicted molar refractivity (Wildman–Crippen MR) is 123 cm³/mol. The van der Waals surface area contributed by atoms with E-state index < -0.39 is 23.1 Å². The van der Waals surface area contributed by atoms with Crippen molar-refractivity contribution in [1.82, 2.24) is 5.32 Å². The number of anilines is 1. The minimum Gasteiger partial charge on any atom is -0.459 e. The maximum Gasteiger partial charge on any atom is 0.425 e. The molecule has 2 aliphatic carbocycles. The number of fused-ring (bicyclic) bond motifs is 2. The molecule has 0 atom stereocenters. The van der Waals surface area contributed by atoms with Crippen LogP contribution in [0.1, 0.15) is 81.2 Å². The van der Waals surface area contributed by atoms with Crippen LogP contribution >= 0.6 is 22.7 Å². The van der Waals surface area contributed by atoms with Crippen molar-refractivity contribution >= 4 is 39.7 Å². The van der Waals surface area contributed by atoms with E-state index in [0.717, 1.165) is 70.7 Å². The Morgan fingerprint density at radius 2 is 1.58 bits per heavy atom. The molecule has 2 N–H and O–H groups in total. The van der Waals surface area contributed by atoms with E-state index in [2.05, 4.69) is 10.6 Å². The van der Waals surface area contributed by atoms with Gasteiger partial charge in [-0.15, -0.1) is 22.7 Å². The van der Waals surface area contributed by atoms with Crippen LogP contribution in [-0.4, -0.2) is 18.1 Å². The van der Waals surface area contributed by atoms with Gasteiger partial charge in [-0.2, -0.15) is 13.2 Å². The van der Waals surface area contributed by atoms with E-state index in [-0.39, 0.29) is 18.2 Å². The number of hydrogen-bond donors (Lipinski definition) is 2. The molecule has 0 radical (unpaired) electrons. The van der Waals surface area contributed by atoms with Crippen LogP contribution in [-0.2, 0) is 43.1 Å². The maximum absolute atomic E-state index is 13.6. The average molecular weight is 501 g/mol. The molecule has 0 saturated heterocycles. The molecule has 2 amide bonds. The average Bonchev–Trinajstić information content (AvgIpc) is 3.29. The van der Waals surface area contributed by atoms with Crippen molar-refractivity contribution in [1.29, 1.82) is 0 Å². The monoisotopic (exact) mass is 500 g/mol. The molecular weight excluding hydrogens is 473 g/mol. The first-order valence-corrected chi connectivity index (χ1v) is 12.9. The highest BCUT2D eigenvalue weighted by molar-refractivity contribution is 7.17. The molecule has 2 aromatic heterocycles. The van der Waals surface area contributed by atoms with Crippen LogP contribution in [0.25, 0.3) is 0 Å². The number of ether oxygens (including phenoxy) is 1. The highest BCUT2D eigenvalue weighted by Gasteiger charge is 2.38. The lowest BCUT2D eigenvalue weighted by molar-refractivity contribution is -0.135. The van der Waals surface area contributed by atoms with Crippen LogP contribution in [0.15, 0.2) is 0 Å². The zero-order chi connectivity index (χ0) is 23.8. The molecule has 0 saturated carbocycles. The van der Waals surface area contributed by atoms with Crippen molar-refractivity contribution in [2.45, 2.75) is 84.0 Å². The van der Waals surface area contributed by atoms with Crippen LogP contribution in [0.2, 0.25) is 0 Å². The van der Waals surface area contributed by atoms with Gasteiger partial charge in [-0.3, -0.25) is 5.32 Å². The predicted octanol–water partition coefficient (Wildman–Crippen LogP) is 6.47. The lowest BCUT2D eigenvalue weighted by Gasteiger charge is -2.15. The number of carbonyl (C=O) groups excluding carboxylic acids is 2. The summed E-state index contributed by atoms with van der Waals surface area (Å²) in [6.07, 6.45) is 1.79. The molecule has 2 heterocycles. The van der Waals surface area contributed by atoms with Crippen LogP contribution in [0.3, 0.4) is 0 Å². The third-order valence-electron chi connectivity index (χ3n) is 5.91. The number of carbonyl (C=O) groups is 2. The van der Waals surface area contributed by atoms with Crippen molar-refractivity contribution in [3.8, 4) is 0 Å². The molecule has 0 aromatic carbocycles. The molecule has 4 rings (SSSR count). The Morgan fingerprint density at radius 1 is 0.970 bits per heavy atom. The molecule has 0 bridgehead atoms. The number of amides is 2. The number of urea groups is 1. The number of rotatable bonds is 5. The normalized spacial score (nSPS) is 15.7. The molecule has 10 heteroatoms. The second kappa shape index (κ2) is 9.66. The first-order chi connectivity index (χ1) is 15.6. The largest absolute Gasteiger partial charge is 0.459 e. The van der Waals surface area contributed by atoms with E-state index in [1.165, 1.54) is 11.3 Å². The lowest BCUT2D eigenvalue weighted by atomic mass is 9.94. The Morgan fingerprint density at radius 3 is 2.21 bits per heavy atom. The fourth-order valence-electron chi connectivity index (χ4n) is 4.51. The second-order valence-corrected chi connectivity index (χ2v) is 10.9. The molecule has 0 aliphatic heterocycles. The van der Waals surface area contributed by atoms with Crippen LogP contribution in [0, 0.1) is 0 Å². The number of alkyl halides is 3. The van der Waals surface area contributed by atoms with Gasteiger partial charge < -0.3 is 10.1 Å². The standard InChI is InChI=1S/C23H27F3N2O3S2/c1-12(2)31-21(29)18-14-8-4-6-10-17(14)33-20(18)28-22(30)27-11-15-13-7-3-5-9-16(13)32-19(15)23(24,25)26/h12H,3-11H2,1-2H3,(H2,27,28,30). The van der Waals surface area contributed by atoms with Gasteiger partial charge in [0.2, 0.25) is 0 Å². The van der Waals surface area contributed by atoms with E-state index in [1.54, 1.807) is 13.8 Å². The van der Waals surface area contributed by atoms with Crippen molar-refractivity contribution in [3.63, 3.8) is 0 Å². The van der Waals surface area contributed by atoms with E-state index in [0.29, 0.717) is 23.4 Å². The van der Waals surface area contributed by atoms with Crippen LogP contribution in [0.4, 0.5) is 23.0 Å². The van der Waals surface area contributed by atoms with Gasteiger partial charge in [0.1, 0.15) is 9.88 Å². The Kier molecular flexibility index (Phi) is 7.04. The quantitative estimate of drug-likeness (QED) is 0.462. The molecule has 5 nitrogen and oxygen atoms in total. The summed E-state index contributed by atoms with van der Waals surface area (Å²) >= 11 is 2.15. The summed E-state index contributed by atoms with van der Waals surface area (Å²) in [4.78, 5) is 26.6. The fraction of sp³-hybridized carbons (Fsp3) is 0.565. The first kappa shape index (κ1) is 24.1. The third kappa shape index (κ3) is 5.21. The Labute approximate surface area is 198 Å². The highest BCUT2D eigenvalue weighted by atomic mass is 32.1. The first-order valence-electron chi connectivity index (χ1n) is 11.3. The number of nitrogens with one attached hydrogen (secondary N) is 2. The molecule has 180 valence electrons. The summed E-state index contributed by atoms with van der Waals surface area (Å²) in [5.74, 6) is -0.481. The van der Waals surface area contributed by atoms with Gasteiger partial charge in [0.25, 0.3) is 0 Å². The third-order valence-corrected chi connectivity index (χ3v) is 8.50. The van der Waals surface area contributed by atoms with Crippen molar-refractivity contribution in [3.05, 3.63) is 36.9 Å². The van der Waals surface area contributed by atoms with Gasteiger partial charge in [0.15, 0.2) is 0 Å². The number of thiophene rings is 2. The summed E-state index contributed by atoms with van der Waals surface area (Å²) in [5, 5.41) is 5.70. The number of halogens is 3. The Balaban J connectivity index is 1.53. The van der Waals surface area contributed by atoms with Gasteiger partial charge in [-0.1, -0.05) is 0 Å². The number of esters is 1. The topological polar surface area (TPSA) is 67.4 Å². The lowest BCUT2D eigenvalue weighted by Crippen LogP contribution is -2.29. The Bertz CT molecular complexity index is 1060. The molecule has 0 fully saturated rings. The smallest absolute Gasteiger partial charge is 0.425 e. The summed E-state index contributed by atoms with van der Waals surface area (Å²) in [6, 6.07) is -0.629. The highest BCUT2D eigenvalue weighted by Crippen LogP contribution is 2.43. The minimum absolute atomic E-state index is 0.169. The molecule has 0 unspecified atom stereocenters. The van der Waals surface area contributed by atoms with Crippen molar-refractivity contribution in [2.75, 3.05) is 5.32 Å². The maximum atomic E-state index is 13.6. The fourth-order valence-corrected chi connectivity index (χ4v) is 7.05. The minimum atomic E-state index is -4.45.